The first-order valence-electron chi connectivity index (χ1n) is 7.10. The number of carbonyl (C=O) groups excluding carboxylic acids is 1. The van der Waals surface area contributed by atoms with Crippen LogP contribution in [0.5, 0.6) is 0 Å². The van der Waals surface area contributed by atoms with Crippen molar-refractivity contribution in [3.8, 4) is 0 Å². The van der Waals surface area contributed by atoms with E-state index in [0.29, 0.717) is 13.1 Å². The van der Waals surface area contributed by atoms with Crippen molar-refractivity contribution in [2.45, 2.75) is 19.9 Å². The zero-order valence-corrected chi connectivity index (χ0v) is 12.5. The molecule has 0 aromatic heterocycles. The number of amides is 1. The van der Waals surface area contributed by atoms with Crippen LogP contribution < -0.4 is 5.73 Å². The molecule has 3 N–H and O–H groups in total. The molecule has 1 unspecified atom stereocenters. The first-order chi connectivity index (χ1) is 10.0. The van der Waals surface area contributed by atoms with Gasteiger partial charge in [0.2, 0.25) is 0 Å². The zero-order valence-electron chi connectivity index (χ0n) is 12.5. The average molecular weight is 290 g/mol. The number of oxime groups is 1. The number of piperazine rings is 1. The van der Waals surface area contributed by atoms with Crippen LogP contribution in [0.2, 0.25) is 0 Å². The van der Waals surface area contributed by atoms with Crippen LogP contribution in [0.25, 0.3) is 0 Å². The lowest BCUT2D eigenvalue weighted by Gasteiger charge is -2.37. The quantitative estimate of drug-likeness (QED) is 0.375. The highest BCUT2D eigenvalue weighted by Gasteiger charge is 2.26. The van der Waals surface area contributed by atoms with Gasteiger partial charge in [0.15, 0.2) is 5.84 Å². The molecule has 1 aromatic rings. The van der Waals surface area contributed by atoms with E-state index >= 15 is 0 Å². The average Bonchev–Trinajstić information content (AvgIpc) is 2.53. The van der Waals surface area contributed by atoms with Crippen molar-refractivity contribution in [1.82, 2.24) is 9.80 Å². The zero-order chi connectivity index (χ0) is 15.4. The summed E-state index contributed by atoms with van der Waals surface area (Å²) in [5, 5.41) is 11.8. The van der Waals surface area contributed by atoms with Gasteiger partial charge in [-0.25, -0.2) is 0 Å². The molecule has 0 saturated carbocycles. The monoisotopic (exact) mass is 290 g/mol. The Balaban J connectivity index is 1.96. The first kappa shape index (κ1) is 15.3. The molecule has 2 rings (SSSR count). The Morgan fingerprint density at radius 2 is 2.00 bits per heavy atom. The lowest BCUT2D eigenvalue weighted by Crippen LogP contribution is -2.54. The van der Waals surface area contributed by atoms with Gasteiger partial charge in [-0.05, 0) is 26.0 Å². The Hall–Kier alpha value is -2.08. The van der Waals surface area contributed by atoms with E-state index in [1.54, 1.807) is 0 Å². The number of amidine groups is 1. The predicted molar refractivity (Wildman–Crippen MR) is 81.5 cm³/mol. The first-order valence-corrected chi connectivity index (χ1v) is 7.10. The fourth-order valence-corrected chi connectivity index (χ4v) is 2.54. The van der Waals surface area contributed by atoms with Gasteiger partial charge in [0.1, 0.15) is 0 Å². The molecule has 6 heteroatoms. The van der Waals surface area contributed by atoms with Crippen LogP contribution in [0, 0.1) is 6.92 Å². The van der Waals surface area contributed by atoms with Crippen LogP contribution in [0.15, 0.2) is 29.4 Å². The number of aryl methyl sites for hydroxylation is 1. The Labute approximate surface area is 124 Å². The summed E-state index contributed by atoms with van der Waals surface area (Å²) in [5.74, 6) is 0.267. The summed E-state index contributed by atoms with van der Waals surface area (Å²) in [6, 6.07) is 7.52. The number of carbonyl (C=O) groups is 1. The maximum absolute atomic E-state index is 12.4. The predicted octanol–water partition coefficient (Wildman–Crippen LogP) is 0.888. The van der Waals surface area contributed by atoms with Crippen LogP contribution in [-0.4, -0.2) is 59.0 Å². The molecule has 1 aliphatic rings. The highest BCUT2D eigenvalue weighted by atomic mass is 16.4. The minimum Gasteiger partial charge on any atom is -0.409 e. The number of hydrogen-bond donors (Lipinski definition) is 2. The van der Waals surface area contributed by atoms with E-state index < -0.39 is 0 Å². The number of nitrogens with zero attached hydrogens (tertiary/aromatic N) is 3. The van der Waals surface area contributed by atoms with Crippen LogP contribution >= 0.6 is 0 Å². The largest absolute Gasteiger partial charge is 0.409 e. The van der Waals surface area contributed by atoms with Crippen molar-refractivity contribution >= 4 is 11.7 Å². The van der Waals surface area contributed by atoms with E-state index in [9.17, 15) is 4.79 Å². The molecule has 1 saturated heterocycles. The molecule has 1 aromatic carbocycles. The second-order valence-electron chi connectivity index (χ2n) is 5.40. The molecule has 0 spiro atoms. The van der Waals surface area contributed by atoms with E-state index in [2.05, 4.69) is 10.1 Å². The number of nitrogens with two attached hydrogens (primary N) is 1. The molecule has 1 heterocycles. The molecule has 0 aliphatic carbocycles. The third kappa shape index (κ3) is 3.52. The van der Waals surface area contributed by atoms with Crippen LogP contribution in [0.1, 0.15) is 22.8 Å². The normalized spacial score (nSPS) is 18.6. The molecule has 0 bridgehead atoms. The van der Waals surface area contributed by atoms with Gasteiger partial charge < -0.3 is 15.8 Å². The highest BCUT2D eigenvalue weighted by molar-refractivity contribution is 5.94. The Kier molecular flexibility index (Phi) is 4.80. The van der Waals surface area contributed by atoms with Crippen molar-refractivity contribution in [2.24, 2.45) is 10.9 Å². The fraction of sp³-hybridized carbons (Fsp3) is 0.467. The van der Waals surface area contributed by atoms with E-state index in [-0.39, 0.29) is 17.8 Å². The van der Waals surface area contributed by atoms with Crippen molar-refractivity contribution in [2.75, 3.05) is 26.2 Å². The summed E-state index contributed by atoms with van der Waals surface area (Å²) in [5.41, 5.74) is 7.44. The lowest BCUT2D eigenvalue weighted by molar-refractivity contribution is 0.0619. The Bertz CT molecular complexity index is 536. The summed E-state index contributed by atoms with van der Waals surface area (Å²) in [6.07, 6.45) is 0. The fourth-order valence-electron chi connectivity index (χ4n) is 2.54. The standard InChI is InChI=1S/C15H22N4O2/c1-11-4-3-5-13(10-11)15(20)19-8-6-18(7-9-19)12(2)14(16)17-21/h3-5,10,12,21H,6-9H2,1-2H3,(H2,16,17). The molecular formula is C15H22N4O2. The van der Waals surface area contributed by atoms with E-state index in [0.717, 1.165) is 24.2 Å². The van der Waals surface area contributed by atoms with Gasteiger partial charge in [-0.1, -0.05) is 22.9 Å². The second kappa shape index (κ2) is 6.58. The van der Waals surface area contributed by atoms with Gasteiger partial charge in [0.25, 0.3) is 5.91 Å². The number of rotatable bonds is 3. The summed E-state index contributed by atoms with van der Waals surface area (Å²) < 4.78 is 0. The molecule has 21 heavy (non-hydrogen) atoms. The van der Waals surface area contributed by atoms with E-state index in [1.165, 1.54) is 0 Å². The maximum Gasteiger partial charge on any atom is 0.253 e. The van der Waals surface area contributed by atoms with Gasteiger partial charge >= 0.3 is 0 Å². The lowest BCUT2D eigenvalue weighted by atomic mass is 10.1. The molecule has 6 nitrogen and oxygen atoms in total. The summed E-state index contributed by atoms with van der Waals surface area (Å²) in [4.78, 5) is 16.4. The molecule has 1 fully saturated rings. The highest BCUT2D eigenvalue weighted by Crippen LogP contribution is 2.12. The van der Waals surface area contributed by atoms with Crippen LogP contribution in [0.3, 0.4) is 0 Å². The van der Waals surface area contributed by atoms with Gasteiger partial charge in [-0.2, -0.15) is 0 Å². The van der Waals surface area contributed by atoms with Gasteiger partial charge in [0.05, 0.1) is 6.04 Å². The smallest absolute Gasteiger partial charge is 0.253 e. The SMILES string of the molecule is Cc1cccc(C(=O)N2CCN(C(C)C(N)=NO)CC2)c1. The van der Waals surface area contributed by atoms with Crippen LogP contribution in [-0.2, 0) is 0 Å². The second-order valence-corrected chi connectivity index (χ2v) is 5.40. The van der Waals surface area contributed by atoms with Crippen molar-refractivity contribution in [3.63, 3.8) is 0 Å². The minimum atomic E-state index is -0.119. The van der Waals surface area contributed by atoms with Crippen LogP contribution in [0.4, 0.5) is 0 Å². The van der Waals surface area contributed by atoms with E-state index in [1.807, 2.05) is 43.0 Å². The molecule has 1 aliphatic heterocycles. The molecule has 0 radical (unpaired) electrons. The van der Waals surface area contributed by atoms with Crippen molar-refractivity contribution in [1.29, 1.82) is 0 Å². The maximum atomic E-state index is 12.4. The van der Waals surface area contributed by atoms with Gasteiger partial charge in [-0.15, -0.1) is 0 Å². The third-order valence-corrected chi connectivity index (χ3v) is 3.96. The Morgan fingerprint density at radius 3 is 2.57 bits per heavy atom. The summed E-state index contributed by atoms with van der Waals surface area (Å²) in [7, 11) is 0. The third-order valence-electron chi connectivity index (χ3n) is 3.96. The molecular weight excluding hydrogens is 268 g/mol. The summed E-state index contributed by atoms with van der Waals surface area (Å²) in [6.45, 7) is 6.61. The number of hydrogen-bond acceptors (Lipinski definition) is 4. The minimum absolute atomic E-state index is 0.0646. The molecule has 1 amide bonds. The number of benzene rings is 1. The van der Waals surface area contributed by atoms with Crippen molar-refractivity contribution < 1.29 is 10.0 Å². The van der Waals surface area contributed by atoms with Gasteiger partial charge in [-0.3, -0.25) is 9.69 Å². The topological polar surface area (TPSA) is 82.2 Å². The molecule has 114 valence electrons. The molecule has 1 atom stereocenters. The van der Waals surface area contributed by atoms with Crippen molar-refractivity contribution in [3.05, 3.63) is 35.4 Å². The Morgan fingerprint density at radius 1 is 1.33 bits per heavy atom. The summed E-state index contributed by atoms with van der Waals surface area (Å²) >= 11 is 0. The van der Waals surface area contributed by atoms with Gasteiger partial charge in [0, 0.05) is 31.7 Å². The van der Waals surface area contributed by atoms with E-state index in [4.69, 9.17) is 10.9 Å².